The molecule has 0 aliphatic heterocycles. The maximum atomic E-state index is 13.0. The molecule has 0 heterocycles. The molecule has 3 aliphatic carbocycles. The molecule has 14 heteroatoms. The molecule has 2 saturated carbocycles. The van der Waals surface area contributed by atoms with E-state index in [1.165, 1.54) is 11.8 Å². The number of hydrogen-bond donors (Lipinski definition) is 3. The Bertz CT molecular complexity index is 1350. The summed E-state index contributed by atoms with van der Waals surface area (Å²) in [6, 6.07) is 5.02. The Morgan fingerprint density at radius 1 is 1.06 bits per heavy atom. The van der Waals surface area contributed by atoms with Crippen LogP contribution in [-0.2, 0) is 10.3 Å². The van der Waals surface area contributed by atoms with Gasteiger partial charge in [0.25, 0.3) is 0 Å². The summed E-state index contributed by atoms with van der Waals surface area (Å²) < 4.78 is 90.9. The van der Waals surface area contributed by atoms with Crippen molar-refractivity contribution in [3.63, 3.8) is 0 Å². The van der Waals surface area contributed by atoms with E-state index in [4.69, 9.17) is 9.32 Å². The van der Waals surface area contributed by atoms with Gasteiger partial charge < -0.3 is 19.3 Å². The number of alkyl halides is 5. The van der Waals surface area contributed by atoms with Crippen LogP contribution in [0.4, 0.5) is 22.0 Å². The number of halogens is 5. The summed E-state index contributed by atoms with van der Waals surface area (Å²) in [5, 5.41) is 27.7. The third-order valence-electron chi connectivity index (χ3n) is 10.8. The Morgan fingerprint density at radius 3 is 2.43 bits per heavy atom. The van der Waals surface area contributed by atoms with Crippen molar-refractivity contribution in [2.24, 2.45) is 28.3 Å². The average molecular weight is 713 g/mol. The van der Waals surface area contributed by atoms with E-state index in [2.05, 4.69) is 18.4 Å². The number of thioether (sulfide) groups is 1. The number of fused-ring (bicyclic) bond motifs is 5. The van der Waals surface area contributed by atoms with Gasteiger partial charge in [0, 0.05) is 6.42 Å². The molecular formula is C33H49F5N2O5S2. The van der Waals surface area contributed by atoms with Crippen molar-refractivity contribution in [3.8, 4) is 5.75 Å². The van der Waals surface area contributed by atoms with Crippen LogP contribution in [-0.4, -0.2) is 73.4 Å². The minimum atomic E-state index is -5.49. The largest absolute Gasteiger partial charge is 0.453 e. The Labute approximate surface area is 279 Å². The lowest BCUT2D eigenvalue weighted by Crippen LogP contribution is -2.46. The van der Waals surface area contributed by atoms with Crippen LogP contribution in [0.2, 0.25) is 0 Å². The number of benzene rings is 1. The second-order valence-electron chi connectivity index (χ2n) is 13.9. The lowest BCUT2D eigenvalue weighted by molar-refractivity contribution is -0.284. The molecule has 1 aromatic carbocycles. The summed E-state index contributed by atoms with van der Waals surface area (Å²) in [7, 11) is -2.22. The highest BCUT2D eigenvalue weighted by Gasteiger charge is 2.58. The van der Waals surface area contributed by atoms with E-state index in [-0.39, 0.29) is 47.0 Å². The van der Waals surface area contributed by atoms with Gasteiger partial charge in [0.05, 0.1) is 12.2 Å². The van der Waals surface area contributed by atoms with Crippen LogP contribution in [0.3, 0.4) is 0 Å². The monoisotopic (exact) mass is 712 g/mol. The summed E-state index contributed by atoms with van der Waals surface area (Å²) in [6.07, 6.45) is -1.55. The number of unbranched alkanes of at least 4 members (excludes halogenated alkanes) is 2. The van der Waals surface area contributed by atoms with E-state index < -0.39 is 41.0 Å². The zero-order chi connectivity index (χ0) is 34.8. The predicted molar refractivity (Wildman–Crippen MR) is 174 cm³/mol. The molecular weight excluding hydrogens is 663 g/mol. The van der Waals surface area contributed by atoms with Gasteiger partial charge in [-0.3, -0.25) is 0 Å². The van der Waals surface area contributed by atoms with E-state index in [0.717, 1.165) is 69.2 Å². The fourth-order valence-electron chi connectivity index (χ4n) is 8.33. The van der Waals surface area contributed by atoms with Gasteiger partial charge in [0.1, 0.15) is 5.75 Å². The van der Waals surface area contributed by atoms with Crippen LogP contribution in [0.5, 0.6) is 5.75 Å². The van der Waals surface area contributed by atoms with Gasteiger partial charge in [-0.25, -0.2) is 0 Å². The van der Waals surface area contributed by atoms with Gasteiger partial charge >= 0.3 is 22.4 Å². The third-order valence-corrected chi connectivity index (χ3v) is 12.4. The second kappa shape index (κ2) is 15.2. The van der Waals surface area contributed by atoms with Gasteiger partial charge in [-0.05, 0) is 135 Å². The Balaban J connectivity index is 1.29. The number of aliphatic hydroxyl groups is 2. The van der Waals surface area contributed by atoms with Gasteiger partial charge in [0.15, 0.2) is 0 Å². The lowest BCUT2D eigenvalue weighted by Gasteiger charge is -2.53. The molecule has 2 fully saturated rings. The summed E-state index contributed by atoms with van der Waals surface area (Å²) in [5.74, 6) is -3.24. The van der Waals surface area contributed by atoms with Crippen LogP contribution >= 0.6 is 11.8 Å². The topological polar surface area (TPSA) is 113 Å². The summed E-state index contributed by atoms with van der Waals surface area (Å²) in [4.78, 5) is 2.19. The van der Waals surface area contributed by atoms with Gasteiger partial charge in [-0.2, -0.15) is 47.3 Å². The van der Waals surface area contributed by atoms with Gasteiger partial charge in [0.2, 0.25) is 0 Å². The Hall–Kier alpha value is -1.45. The first kappa shape index (κ1) is 38.4. The summed E-state index contributed by atoms with van der Waals surface area (Å²) in [6.45, 7) is 8.09. The minimum Gasteiger partial charge on any atom is -0.389 e. The van der Waals surface area contributed by atoms with E-state index in [0.29, 0.717) is 17.7 Å². The fraction of sp³-hybridized carbons (Fsp3) is 0.758. The molecule has 7 atom stereocenters. The van der Waals surface area contributed by atoms with Gasteiger partial charge in [-0.1, -0.05) is 32.4 Å². The Kier molecular flexibility index (Phi) is 12.4. The van der Waals surface area contributed by atoms with Crippen molar-refractivity contribution in [1.29, 1.82) is 0 Å². The van der Waals surface area contributed by atoms with E-state index in [9.17, 15) is 40.6 Å². The van der Waals surface area contributed by atoms with Crippen LogP contribution in [0.15, 0.2) is 30.4 Å². The first-order valence-corrected chi connectivity index (χ1v) is 19.1. The van der Waals surface area contributed by atoms with E-state index in [1.54, 1.807) is 12.1 Å². The molecule has 0 saturated heterocycles. The molecule has 0 spiro atoms. The predicted octanol–water partition coefficient (Wildman–Crippen LogP) is 6.96. The minimum absolute atomic E-state index is 0.0669. The lowest BCUT2D eigenvalue weighted by atomic mass is 9.51. The van der Waals surface area contributed by atoms with Crippen molar-refractivity contribution < 1.29 is 44.8 Å². The van der Waals surface area contributed by atoms with Crippen molar-refractivity contribution in [2.45, 2.75) is 101 Å². The zero-order valence-electron chi connectivity index (χ0n) is 27.2. The highest BCUT2D eigenvalue weighted by molar-refractivity contribution is 7.99. The number of rotatable bonds is 16. The highest BCUT2D eigenvalue weighted by Crippen LogP contribution is 2.65. The van der Waals surface area contributed by atoms with Crippen LogP contribution in [0, 0.1) is 23.2 Å². The molecule has 7 nitrogen and oxygen atoms in total. The van der Waals surface area contributed by atoms with Crippen molar-refractivity contribution >= 4 is 22.1 Å². The van der Waals surface area contributed by atoms with Crippen LogP contribution in [0.25, 0.3) is 0 Å². The average Bonchev–Trinajstić information content (AvgIpc) is 3.20. The molecule has 4 N–H and O–H groups in total. The molecule has 4 rings (SSSR count). The number of nitrogens with zero attached hydrogens (tertiary/aromatic N) is 1. The van der Waals surface area contributed by atoms with Crippen molar-refractivity contribution in [2.75, 3.05) is 31.6 Å². The summed E-state index contributed by atoms with van der Waals surface area (Å²) in [5.41, 5.74) is 2.34. The normalized spacial score (nSPS) is 29.5. The van der Waals surface area contributed by atoms with E-state index in [1.807, 2.05) is 13.1 Å². The number of nitrogens with two attached hydrogens (primary N) is 1. The smallest absolute Gasteiger partial charge is 0.389 e. The molecule has 0 bridgehead atoms. The fourth-order valence-corrected chi connectivity index (χ4v) is 9.59. The highest BCUT2D eigenvalue weighted by atomic mass is 32.2. The molecule has 0 aromatic heterocycles. The maximum Gasteiger partial charge on any atom is 0.453 e. The first-order chi connectivity index (χ1) is 21.9. The molecule has 1 aromatic rings. The number of hydrogen-bond acceptors (Lipinski definition) is 7. The molecule has 47 heavy (non-hydrogen) atoms. The van der Waals surface area contributed by atoms with Crippen molar-refractivity contribution in [1.82, 2.24) is 4.90 Å². The van der Waals surface area contributed by atoms with Crippen LogP contribution < -0.4 is 9.32 Å². The van der Waals surface area contributed by atoms with Crippen molar-refractivity contribution in [3.05, 3.63) is 41.5 Å². The van der Waals surface area contributed by atoms with Gasteiger partial charge in [-0.15, -0.1) is 0 Å². The first-order valence-electron chi connectivity index (χ1n) is 16.5. The van der Waals surface area contributed by atoms with E-state index >= 15 is 0 Å². The standard InChI is InChI=1S/C33H49F5N2O5S2/c1-21-28(41)20-27-29-24(12-14-31(21,27)2)23-11-10-22(45-47(39,43)44)19-26(23)30(42)25(29)9-5-4-6-15-40(3)16-8-18-46-17-7-13-32(34,35)33(36,37)38/h10-11,19,24-25,27-30,41-42H,1,4-9,12-18,20H2,2-3H3,(H2,39,43,44)/t24-,25+,27+,28-,29+,30+,31-/m1/s1. The molecule has 3 aliphatic rings. The molecule has 0 radical (unpaired) electrons. The Morgan fingerprint density at radius 2 is 1.74 bits per heavy atom. The molecule has 0 amide bonds. The third kappa shape index (κ3) is 9.02. The van der Waals surface area contributed by atoms with Crippen LogP contribution in [0.1, 0.15) is 94.3 Å². The zero-order valence-corrected chi connectivity index (χ0v) is 28.8. The maximum absolute atomic E-state index is 13.0. The summed E-state index contributed by atoms with van der Waals surface area (Å²) >= 11 is 1.39. The second-order valence-corrected chi connectivity index (χ2v) is 16.3. The number of aliphatic hydroxyl groups excluding tert-OH is 2. The SMILES string of the molecule is C=C1[C@H](O)C[C@H]2[C@@H]3[C@H](CCCCCN(C)CCCSCCCC(F)(F)C(F)(F)F)[C@H](O)c4cc(OS(N)(=O)=O)ccc4[C@H]3CC[C@]12C. The molecule has 268 valence electrons. The quantitative estimate of drug-likeness (QED) is 0.0965. The molecule has 0 unspecified atom stereocenters.